The maximum Gasteiger partial charge on any atom is 0.237 e. The van der Waals surface area contributed by atoms with Gasteiger partial charge in [-0.1, -0.05) is 25.8 Å². The van der Waals surface area contributed by atoms with E-state index in [9.17, 15) is 4.79 Å². The second-order valence-corrected chi connectivity index (χ2v) is 7.62. The third-order valence-electron chi connectivity index (χ3n) is 5.46. The highest BCUT2D eigenvalue weighted by atomic mass is 16.5. The number of rotatable bonds is 8. The van der Waals surface area contributed by atoms with E-state index < -0.39 is 0 Å². The number of ether oxygens (including phenoxy) is 2. The van der Waals surface area contributed by atoms with Crippen molar-refractivity contribution in [3.8, 4) is 0 Å². The minimum atomic E-state index is -0.263. The summed E-state index contributed by atoms with van der Waals surface area (Å²) in [5.74, 6) is 0.626. The second-order valence-electron chi connectivity index (χ2n) is 7.62. The summed E-state index contributed by atoms with van der Waals surface area (Å²) in [6.45, 7) is 4.24. The lowest BCUT2D eigenvalue weighted by Gasteiger charge is -2.24. The lowest BCUT2D eigenvalue weighted by molar-refractivity contribution is -0.113. The van der Waals surface area contributed by atoms with E-state index in [1.54, 1.807) is 18.5 Å². The van der Waals surface area contributed by atoms with E-state index >= 15 is 0 Å². The van der Waals surface area contributed by atoms with Crippen molar-refractivity contribution in [2.24, 2.45) is 0 Å². The zero-order valence-corrected chi connectivity index (χ0v) is 16.9. The van der Waals surface area contributed by atoms with Crippen LogP contribution in [-0.4, -0.2) is 40.1 Å². The molecular formula is C23H27N3O4. The first kappa shape index (κ1) is 20.2. The fourth-order valence-electron chi connectivity index (χ4n) is 3.89. The number of carbonyl (C=O) groups is 1. The molecule has 0 spiro atoms. The van der Waals surface area contributed by atoms with E-state index in [1.807, 2.05) is 12.1 Å². The Labute approximate surface area is 175 Å². The number of Topliss-reactive ketones (excluding diaryl/α,β-unsaturated/α-hetero) is 1. The van der Waals surface area contributed by atoms with E-state index in [2.05, 4.69) is 21.9 Å². The smallest absolute Gasteiger partial charge is 0.237 e. The van der Waals surface area contributed by atoms with E-state index in [4.69, 9.17) is 14.6 Å². The van der Waals surface area contributed by atoms with Crippen LogP contribution in [0.1, 0.15) is 44.1 Å². The van der Waals surface area contributed by atoms with Crippen molar-refractivity contribution >= 4 is 22.9 Å². The molecule has 0 saturated heterocycles. The van der Waals surface area contributed by atoms with Crippen molar-refractivity contribution in [2.75, 3.05) is 13.2 Å². The fraction of sp³-hybridized carbons (Fsp3) is 0.391. The van der Waals surface area contributed by atoms with Gasteiger partial charge in [-0.3, -0.25) is 4.79 Å². The van der Waals surface area contributed by atoms with Gasteiger partial charge in [-0.05, 0) is 31.1 Å². The molecule has 7 nitrogen and oxygen atoms in total. The lowest BCUT2D eigenvalue weighted by Crippen LogP contribution is -2.31. The zero-order chi connectivity index (χ0) is 20.9. The fourth-order valence-corrected chi connectivity index (χ4v) is 3.89. The molecule has 0 atom stereocenters. The molecule has 7 heteroatoms. The van der Waals surface area contributed by atoms with Gasteiger partial charge < -0.3 is 24.9 Å². The maximum atomic E-state index is 13.2. The number of aliphatic hydroxyl groups is 1. The number of ketones is 1. The van der Waals surface area contributed by atoms with Crippen LogP contribution in [0.4, 0.5) is 0 Å². The van der Waals surface area contributed by atoms with E-state index in [-0.39, 0.29) is 36.6 Å². The van der Waals surface area contributed by atoms with Crippen LogP contribution in [-0.2, 0) is 14.3 Å². The van der Waals surface area contributed by atoms with Gasteiger partial charge in [-0.2, -0.15) is 0 Å². The number of pyridine rings is 1. The molecule has 3 N–H and O–H groups in total. The van der Waals surface area contributed by atoms with Crippen LogP contribution >= 0.6 is 0 Å². The third-order valence-corrected chi connectivity index (χ3v) is 5.46. The molecular weight excluding hydrogens is 382 g/mol. The summed E-state index contributed by atoms with van der Waals surface area (Å²) in [5, 5.41) is 13.3. The number of aromatic amines is 1. The summed E-state index contributed by atoms with van der Waals surface area (Å²) < 4.78 is 11.6. The number of aliphatic hydroxyl groups excluding tert-OH is 1. The Morgan fingerprint density at radius 3 is 3.03 bits per heavy atom. The maximum absolute atomic E-state index is 13.2. The molecule has 0 aromatic carbocycles. The molecule has 0 radical (unpaired) electrons. The molecule has 30 heavy (non-hydrogen) atoms. The number of nitrogens with one attached hydrogen (secondary N) is 2. The Kier molecular flexibility index (Phi) is 6.18. The van der Waals surface area contributed by atoms with Gasteiger partial charge in [0.15, 0.2) is 5.76 Å². The first-order chi connectivity index (χ1) is 14.7. The summed E-state index contributed by atoms with van der Waals surface area (Å²) >= 11 is 0. The summed E-state index contributed by atoms with van der Waals surface area (Å²) in [6, 6.07) is 4.06. The van der Waals surface area contributed by atoms with Crippen LogP contribution in [0.25, 0.3) is 17.1 Å². The van der Waals surface area contributed by atoms with Gasteiger partial charge in [0.25, 0.3) is 0 Å². The molecule has 1 aliphatic heterocycles. The molecule has 0 amide bonds. The number of carbonyl (C=O) groups excluding carboxylic acids is 1. The van der Waals surface area contributed by atoms with Crippen molar-refractivity contribution in [1.29, 1.82) is 0 Å². The number of hydrogen-bond donors (Lipinski definition) is 3. The van der Waals surface area contributed by atoms with Crippen molar-refractivity contribution in [3.63, 3.8) is 0 Å². The number of hydrogen-bond acceptors (Lipinski definition) is 6. The average Bonchev–Trinajstić information content (AvgIpc) is 3.30. The van der Waals surface area contributed by atoms with Crippen LogP contribution in [0.3, 0.4) is 0 Å². The number of nitrogens with zero attached hydrogens (tertiary/aromatic N) is 1. The Morgan fingerprint density at radius 1 is 1.40 bits per heavy atom. The van der Waals surface area contributed by atoms with Gasteiger partial charge in [0.1, 0.15) is 17.0 Å². The highest BCUT2D eigenvalue weighted by Gasteiger charge is 2.35. The molecule has 2 aromatic rings. The topological polar surface area (TPSA) is 96.5 Å². The number of allylic oxidation sites excluding steroid dienone is 2. The average molecular weight is 409 g/mol. The first-order valence-corrected chi connectivity index (χ1v) is 10.5. The Balaban J connectivity index is 1.60. The molecule has 3 heterocycles. The normalized spacial score (nSPS) is 18.8. The third kappa shape index (κ3) is 4.26. The summed E-state index contributed by atoms with van der Waals surface area (Å²) in [5.41, 5.74) is 1.90. The van der Waals surface area contributed by atoms with Gasteiger partial charge in [-0.15, -0.1) is 0 Å². The molecule has 1 saturated carbocycles. The Bertz CT molecular complexity index is 999. The van der Waals surface area contributed by atoms with Crippen LogP contribution in [0.5, 0.6) is 0 Å². The van der Waals surface area contributed by atoms with Gasteiger partial charge in [0.2, 0.25) is 11.7 Å². The number of fused-ring (bicyclic) bond motifs is 1. The summed E-state index contributed by atoms with van der Waals surface area (Å²) in [7, 11) is 0. The summed E-state index contributed by atoms with van der Waals surface area (Å²) in [6.07, 6.45) is 11.4. The Morgan fingerprint density at radius 2 is 2.23 bits per heavy atom. The minimum absolute atomic E-state index is 0.0176. The molecule has 4 rings (SSSR count). The molecule has 2 aromatic heterocycles. The number of H-pyrrole nitrogens is 1. The first-order valence-electron chi connectivity index (χ1n) is 10.5. The van der Waals surface area contributed by atoms with Crippen molar-refractivity contribution < 1.29 is 19.4 Å². The van der Waals surface area contributed by atoms with Crippen molar-refractivity contribution in [2.45, 2.75) is 44.6 Å². The lowest BCUT2D eigenvalue weighted by atomic mass is 9.95. The van der Waals surface area contributed by atoms with Crippen molar-refractivity contribution in [1.82, 2.24) is 15.3 Å². The van der Waals surface area contributed by atoms with Gasteiger partial charge in [0, 0.05) is 42.4 Å². The van der Waals surface area contributed by atoms with Gasteiger partial charge in [0.05, 0.1) is 6.61 Å². The molecule has 0 bridgehead atoms. The molecule has 2 aliphatic rings. The van der Waals surface area contributed by atoms with E-state index in [1.165, 1.54) is 6.42 Å². The largest absolute Gasteiger partial charge is 0.493 e. The molecule has 1 aliphatic carbocycles. The van der Waals surface area contributed by atoms with Crippen LogP contribution in [0, 0.1) is 0 Å². The minimum Gasteiger partial charge on any atom is -0.493 e. The zero-order valence-electron chi connectivity index (χ0n) is 16.9. The SMILES string of the molecule is C=C(OCCCO)C1=C(NC2CCCCC2)O/C(=C\c2c[nH]c3ncccc23)C1=O. The molecule has 0 unspecified atom stereocenters. The summed E-state index contributed by atoms with van der Waals surface area (Å²) in [4.78, 5) is 20.6. The van der Waals surface area contributed by atoms with Gasteiger partial charge in [-0.25, -0.2) is 4.98 Å². The highest BCUT2D eigenvalue weighted by molar-refractivity contribution is 6.14. The monoisotopic (exact) mass is 409 g/mol. The van der Waals surface area contributed by atoms with Gasteiger partial charge >= 0.3 is 0 Å². The Hall–Kier alpha value is -3.06. The van der Waals surface area contributed by atoms with E-state index in [0.717, 1.165) is 42.3 Å². The standard InChI is InChI=1S/C23H27N3O4/c1-15(29-12-6-11-27)20-21(28)19(30-23(20)26-17-7-3-2-4-8-17)13-16-14-25-22-18(16)9-5-10-24-22/h5,9-10,13-14,17,26-27H,1-4,6-8,11-12H2,(H,24,25)/b19-13-. The molecule has 158 valence electrons. The molecule has 1 fully saturated rings. The van der Waals surface area contributed by atoms with Crippen LogP contribution in [0.15, 0.2) is 54.1 Å². The number of aromatic nitrogens is 2. The van der Waals surface area contributed by atoms with E-state index in [0.29, 0.717) is 17.9 Å². The quantitative estimate of drug-likeness (QED) is 0.351. The van der Waals surface area contributed by atoms with Crippen LogP contribution in [0.2, 0.25) is 0 Å². The van der Waals surface area contributed by atoms with Crippen molar-refractivity contribution in [3.05, 3.63) is 59.6 Å². The highest BCUT2D eigenvalue weighted by Crippen LogP contribution is 2.32. The van der Waals surface area contributed by atoms with Crippen LogP contribution < -0.4 is 5.32 Å². The predicted molar refractivity (Wildman–Crippen MR) is 114 cm³/mol. The predicted octanol–water partition coefficient (Wildman–Crippen LogP) is 3.55. The second kappa shape index (κ2) is 9.17.